The minimum atomic E-state index is 0.776. The summed E-state index contributed by atoms with van der Waals surface area (Å²) in [6.45, 7) is 4.54. The highest BCUT2D eigenvalue weighted by Gasteiger charge is 2.23. The molecule has 2 fully saturated rings. The maximum absolute atomic E-state index is 3.65. The molecule has 0 saturated heterocycles. The summed E-state index contributed by atoms with van der Waals surface area (Å²) >= 11 is 0. The first-order valence-corrected chi connectivity index (χ1v) is 8.73. The average Bonchev–Trinajstić information content (AvgIpc) is 3.30. The van der Waals surface area contributed by atoms with Crippen LogP contribution in [0, 0.1) is 5.92 Å². The minimum absolute atomic E-state index is 0.776. The molecule has 116 valence electrons. The lowest BCUT2D eigenvalue weighted by Crippen LogP contribution is -2.35. The van der Waals surface area contributed by atoms with Crippen LogP contribution in [0.3, 0.4) is 0 Å². The number of nitrogens with zero attached hydrogens (tertiary/aromatic N) is 1. The standard InChI is InChI=1S/C19H30N2/c1-15-6-5-9-19(12-15)21(2)14-17-8-4-3-7-16(17)13-20-18-10-11-18/h3-4,7-8,15,18-20H,5-6,9-14H2,1-2H3. The minimum Gasteiger partial charge on any atom is -0.310 e. The molecule has 0 spiro atoms. The first kappa shape index (κ1) is 15.1. The van der Waals surface area contributed by atoms with Crippen LogP contribution in [0.2, 0.25) is 0 Å². The van der Waals surface area contributed by atoms with Crippen LogP contribution >= 0.6 is 0 Å². The fourth-order valence-corrected chi connectivity index (χ4v) is 3.63. The molecule has 2 heteroatoms. The van der Waals surface area contributed by atoms with Crippen LogP contribution in [-0.4, -0.2) is 24.0 Å². The van der Waals surface area contributed by atoms with Gasteiger partial charge in [-0.3, -0.25) is 4.90 Å². The highest BCUT2D eigenvalue weighted by Crippen LogP contribution is 2.28. The summed E-state index contributed by atoms with van der Waals surface area (Å²) in [5.74, 6) is 0.901. The normalized spacial score (nSPS) is 26.2. The van der Waals surface area contributed by atoms with Crippen molar-refractivity contribution in [3.63, 3.8) is 0 Å². The van der Waals surface area contributed by atoms with E-state index in [2.05, 4.69) is 48.5 Å². The van der Waals surface area contributed by atoms with Crippen molar-refractivity contribution in [2.45, 2.75) is 70.6 Å². The molecular weight excluding hydrogens is 256 g/mol. The zero-order valence-electron chi connectivity index (χ0n) is 13.6. The van der Waals surface area contributed by atoms with Gasteiger partial charge in [-0.2, -0.15) is 0 Å². The van der Waals surface area contributed by atoms with E-state index in [9.17, 15) is 0 Å². The zero-order valence-corrected chi connectivity index (χ0v) is 13.6. The van der Waals surface area contributed by atoms with E-state index in [-0.39, 0.29) is 0 Å². The molecule has 1 N–H and O–H groups in total. The van der Waals surface area contributed by atoms with E-state index in [4.69, 9.17) is 0 Å². The van der Waals surface area contributed by atoms with Crippen molar-refractivity contribution >= 4 is 0 Å². The fraction of sp³-hybridized carbons (Fsp3) is 0.684. The van der Waals surface area contributed by atoms with Crippen molar-refractivity contribution < 1.29 is 0 Å². The Labute approximate surface area is 129 Å². The molecule has 0 radical (unpaired) electrons. The first-order valence-electron chi connectivity index (χ1n) is 8.73. The van der Waals surface area contributed by atoms with Crippen molar-refractivity contribution in [3.05, 3.63) is 35.4 Å². The van der Waals surface area contributed by atoms with E-state index in [1.54, 1.807) is 0 Å². The van der Waals surface area contributed by atoms with Crippen LogP contribution in [0.15, 0.2) is 24.3 Å². The maximum atomic E-state index is 3.65. The van der Waals surface area contributed by atoms with Crippen LogP contribution in [0.1, 0.15) is 56.6 Å². The monoisotopic (exact) mass is 286 g/mol. The SMILES string of the molecule is CC1CCCC(N(C)Cc2ccccc2CNC2CC2)C1. The summed E-state index contributed by atoms with van der Waals surface area (Å²) in [6.07, 6.45) is 8.31. The van der Waals surface area contributed by atoms with Crippen LogP contribution in [0.25, 0.3) is 0 Å². The summed E-state index contributed by atoms with van der Waals surface area (Å²) < 4.78 is 0. The average molecular weight is 286 g/mol. The second-order valence-corrected chi connectivity index (χ2v) is 7.26. The zero-order chi connectivity index (χ0) is 14.7. The Bertz CT molecular complexity index is 453. The predicted molar refractivity (Wildman–Crippen MR) is 89.2 cm³/mol. The molecule has 0 amide bonds. The van der Waals surface area contributed by atoms with Gasteiger partial charge in [0.05, 0.1) is 0 Å². The number of nitrogens with one attached hydrogen (secondary N) is 1. The van der Waals surface area contributed by atoms with Crippen LogP contribution in [-0.2, 0) is 13.1 Å². The van der Waals surface area contributed by atoms with Gasteiger partial charge in [-0.15, -0.1) is 0 Å². The Morgan fingerprint density at radius 1 is 1.10 bits per heavy atom. The Kier molecular flexibility index (Phi) is 4.97. The molecule has 0 aliphatic heterocycles. The lowest BCUT2D eigenvalue weighted by molar-refractivity contribution is 0.157. The van der Waals surface area contributed by atoms with Gasteiger partial charge in [-0.05, 0) is 49.8 Å². The molecule has 2 aliphatic rings. The molecule has 2 unspecified atom stereocenters. The van der Waals surface area contributed by atoms with Crippen molar-refractivity contribution in [1.82, 2.24) is 10.2 Å². The molecule has 0 heterocycles. The Morgan fingerprint density at radius 2 is 1.86 bits per heavy atom. The number of benzene rings is 1. The van der Waals surface area contributed by atoms with Gasteiger partial charge in [-0.1, -0.05) is 44.0 Å². The summed E-state index contributed by atoms with van der Waals surface area (Å²) in [7, 11) is 2.31. The van der Waals surface area contributed by atoms with Gasteiger partial charge in [0, 0.05) is 25.2 Å². The summed E-state index contributed by atoms with van der Waals surface area (Å²) in [5, 5.41) is 3.65. The van der Waals surface area contributed by atoms with Crippen molar-refractivity contribution in [2.75, 3.05) is 7.05 Å². The van der Waals surface area contributed by atoms with Crippen molar-refractivity contribution in [2.24, 2.45) is 5.92 Å². The number of hydrogen-bond donors (Lipinski definition) is 1. The van der Waals surface area contributed by atoms with Gasteiger partial charge in [0.15, 0.2) is 0 Å². The highest BCUT2D eigenvalue weighted by molar-refractivity contribution is 5.27. The molecule has 0 bridgehead atoms. The van der Waals surface area contributed by atoms with Crippen LogP contribution < -0.4 is 5.32 Å². The molecule has 2 aliphatic carbocycles. The third-order valence-corrected chi connectivity index (χ3v) is 5.23. The number of rotatable bonds is 6. The number of hydrogen-bond acceptors (Lipinski definition) is 2. The lowest BCUT2D eigenvalue weighted by atomic mass is 9.86. The quantitative estimate of drug-likeness (QED) is 0.852. The van der Waals surface area contributed by atoms with E-state index < -0.39 is 0 Å². The van der Waals surface area contributed by atoms with E-state index in [0.717, 1.165) is 31.1 Å². The Hall–Kier alpha value is -0.860. The van der Waals surface area contributed by atoms with E-state index in [1.807, 2.05) is 0 Å². The smallest absolute Gasteiger partial charge is 0.0236 e. The van der Waals surface area contributed by atoms with E-state index in [1.165, 1.54) is 49.7 Å². The van der Waals surface area contributed by atoms with Crippen molar-refractivity contribution in [1.29, 1.82) is 0 Å². The van der Waals surface area contributed by atoms with Gasteiger partial charge in [0.2, 0.25) is 0 Å². The fourth-order valence-electron chi connectivity index (χ4n) is 3.63. The largest absolute Gasteiger partial charge is 0.310 e. The molecule has 1 aromatic carbocycles. The molecule has 0 aromatic heterocycles. The van der Waals surface area contributed by atoms with Crippen LogP contribution in [0.5, 0.6) is 0 Å². The summed E-state index contributed by atoms with van der Waals surface area (Å²) in [5.41, 5.74) is 2.99. The molecule has 1 aromatic rings. The maximum Gasteiger partial charge on any atom is 0.0236 e. The third-order valence-electron chi connectivity index (χ3n) is 5.23. The second kappa shape index (κ2) is 6.93. The van der Waals surface area contributed by atoms with E-state index in [0.29, 0.717) is 0 Å². The Balaban J connectivity index is 1.60. The predicted octanol–water partition coefficient (Wildman–Crippen LogP) is 3.95. The molecule has 2 nitrogen and oxygen atoms in total. The third kappa shape index (κ3) is 4.31. The van der Waals surface area contributed by atoms with Gasteiger partial charge in [0.25, 0.3) is 0 Å². The lowest BCUT2D eigenvalue weighted by Gasteiger charge is -2.34. The molecular formula is C19H30N2. The first-order chi connectivity index (χ1) is 10.2. The van der Waals surface area contributed by atoms with Crippen LogP contribution in [0.4, 0.5) is 0 Å². The van der Waals surface area contributed by atoms with Gasteiger partial charge < -0.3 is 5.32 Å². The van der Waals surface area contributed by atoms with Crippen molar-refractivity contribution in [3.8, 4) is 0 Å². The molecule has 2 saturated carbocycles. The summed E-state index contributed by atoms with van der Waals surface area (Å²) in [4.78, 5) is 2.59. The second-order valence-electron chi connectivity index (χ2n) is 7.26. The molecule has 2 atom stereocenters. The summed E-state index contributed by atoms with van der Waals surface area (Å²) in [6, 6.07) is 10.5. The Morgan fingerprint density at radius 3 is 2.57 bits per heavy atom. The van der Waals surface area contributed by atoms with Gasteiger partial charge in [-0.25, -0.2) is 0 Å². The van der Waals surface area contributed by atoms with Gasteiger partial charge >= 0.3 is 0 Å². The molecule has 3 rings (SSSR count). The topological polar surface area (TPSA) is 15.3 Å². The molecule has 21 heavy (non-hydrogen) atoms. The van der Waals surface area contributed by atoms with Gasteiger partial charge in [0.1, 0.15) is 0 Å². The van der Waals surface area contributed by atoms with E-state index >= 15 is 0 Å². The highest BCUT2D eigenvalue weighted by atomic mass is 15.1.